The monoisotopic (exact) mass is 225 g/mol. The van der Waals surface area contributed by atoms with Crippen molar-refractivity contribution in [1.29, 1.82) is 0 Å². The predicted octanol–water partition coefficient (Wildman–Crippen LogP) is 1.17. The Labute approximate surface area is 95.4 Å². The minimum absolute atomic E-state index is 0.0909. The predicted molar refractivity (Wildman–Crippen MR) is 60.7 cm³/mol. The largest absolute Gasteiger partial charge is 0.469 e. The zero-order valence-electron chi connectivity index (χ0n) is 9.99. The third kappa shape index (κ3) is 3.34. The highest BCUT2D eigenvalue weighted by Crippen LogP contribution is 2.15. The van der Waals surface area contributed by atoms with Crippen LogP contribution in [0.2, 0.25) is 0 Å². The third-order valence-corrected chi connectivity index (χ3v) is 2.51. The van der Waals surface area contributed by atoms with Crippen LogP contribution in [0.5, 0.6) is 0 Å². The number of nitrogens with two attached hydrogens (primary N) is 1. The third-order valence-electron chi connectivity index (χ3n) is 2.51. The molecule has 1 atom stereocenters. The van der Waals surface area contributed by atoms with E-state index < -0.39 is 0 Å². The SMILES string of the molecule is COC(=O)CCc1cnc([C@@H](N)C(C)C)[nH]1. The van der Waals surface area contributed by atoms with Gasteiger partial charge >= 0.3 is 5.97 Å². The number of methoxy groups -OCH3 is 1. The van der Waals surface area contributed by atoms with Crippen molar-refractivity contribution >= 4 is 5.97 Å². The highest BCUT2D eigenvalue weighted by molar-refractivity contribution is 5.69. The molecule has 0 amide bonds. The number of nitrogens with zero attached hydrogens (tertiary/aromatic N) is 1. The smallest absolute Gasteiger partial charge is 0.305 e. The first-order chi connectivity index (χ1) is 7.54. The standard InChI is InChI=1S/C11H19N3O2/c1-7(2)10(12)11-13-6-8(14-11)4-5-9(15)16-3/h6-7,10H,4-5,12H2,1-3H3,(H,13,14)/t10-/m0/s1. The van der Waals surface area contributed by atoms with Crippen molar-refractivity contribution in [2.75, 3.05) is 7.11 Å². The normalized spacial score (nSPS) is 12.8. The first-order valence-electron chi connectivity index (χ1n) is 5.40. The number of hydrogen-bond acceptors (Lipinski definition) is 4. The topological polar surface area (TPSA) is 81.0 Å². The number of carbonyl (C=O) groups is 1. The Hall–Kier alpha value is -1.36. The number of imidazole rings is 1. The van der Waals surface area contributed by atoms with E-state index in [0.717, 1.165) is 11.5 Å². The Morgan fingerprint density at radius 2 is 2.31 bits per heavy atom. The molecule has 5 nitrogen and oxygen atoms in total. The van der Waals surface area contributed by atoms with Crippen molar-refractivity contribution in [3.63, 3.8) is 0 Å². The summed E-state index contributed by atoms with van der Waals surface area (Å²) in [5, 5.41) is 0. The number of H-pyrrole nitrogens is 1. The minimum atomic E-state index is -0.218. The number of ether oxygens (including phenoxy) is 1. The van der Waals surface area contributed by atoms with Crippen LogP contribution < -0.4 is 5.73 Å². The van der Waals surface area contributed by atoms with Gasteiger partial charge in [-0.15, -0.1) is 0 Å². The van der Waals surface area contributed by atoms with E-state index in [1.807, 2.05) is 13.8 Å². The van der Waals surface area contributed by atoms with Crippen LogP contribution in [0.4, 0.5) is 0 Å². The van der Waals surface area contributed by atoms with Gasteiger partial charge in [0.2, 0.25) is 0 Å². The average molecular weight is 225 g/mol. The lowest BCUT2D eigenvalue weighted by Crippen LogP contribution is -2.18. The Kier molecular flexibility index (Phi) is 4.49. The summed E-state index contributed by atoms with van der Waals surface area (Å²) in [6.45, 7) is 4.09. The molecule has 0 saturated carbocycles. The Morgan fingerprint density at radius 1 is 1.62 bits per heavy atom. The second-order valence-electron chi connectivity index (χ2n) is 4.14. The number of esters is 1. The molecule has 1 heterocycles. The Balaban J connectivity index is 2.55. The van der Waals surface area contributed by atoms with Crippen LogP contribution in [0.1, 0.15) is 37.8 Å². The van der Waals surface area contributed by atoms with Crippen LogP contribution in [-0.2, 0) is 16.0 Å². The van der Waals surface area contributed by atoms with E-state index in [9.17, 15) is 4.79 Å². The summed E-state index contributed by atoms with van der Waals surface area (Å²) in [5.74, 6) is 0.888. The lowest BCUT2D eigenvalue weighted by atomic mass is 10.1. The van der Waals surface area contributed by atoms with Gasteiger partial charge in [-0.05, 0) is 12.3 Å². The highest BCUT2D eigenvalue weighted by atomic mass is 16.5. The molecule has 3 N–H and O–H groups in total. The van der Waals surface area contributed by atoms with E-state index in [-0.39, 0.29) is 12.0 Å². The van der Waals surface area contributed by atoms with Crippen LogP contribution in [0, 0.1) is 5.92 Å². The van der Waals surface area contributed by atoms with Gasteiger partial charge in [-0.2, -0.15) is 0 Å². The van der Waals surface area contributed by atoms with E-state index in [1.54, 1.807) is 6.20 Å². The first-order valence-corrected chi connectivity index (χ1v) is 5.40. The van der Waals surface area contributed by atoms with Crippen LogP contribution in [0.15, 0.2) is 6.20 Å². The number of rotatable bonds is 5. The van der Waals surface area contributed by atoms with E-state index in [2.05, 4.69) is 14.7 Å². The summed E-state index contributed by atoms with van der Waals surface area (Å²) >= 11 is 0. The molecule has 0 aromatic carbocycles. The Bertz CT molecular complexity index is 347. The molecule has 0 radical (unpaired) electrons. The van der Waals surface area contributed by atoms with Crippen LogP contribution in [0.25, 0.3) is 0 Å². The number of carbonyl (C=O) groups excluding carboxylic acids is 1. The van der Waals surface area contributed by atoms with Crippen molar-refractivity contribution in [2.24, 2.45) is 11.7 Å². The second kappa shape index (κ2) is 5.65. The molecule has 0 spiro atoms. The summed E-state index contributed by atoms with van der Waals surface area (Å²) in [7, 11) is 1.38. The van der Waals surface area contributed by atoms with Gasteiger partial charge in [0.15, 0.2) is 0 Å². The van der Waals surface area contributed by atoms with Gasteiger partial charge in [-0.25, -0.2) is 4.98 Å². The van der Waals surface area contributed by atoms with E-state index in [0.29, 0.717) is 18.8 Å². The molecule has 0 aliphatic heterocycles. The van der Waals surface area contributed by atoms with Crippen LogP contribution >= 0.6 is 0 Å². The van der Waals surface area contributed by atoms with E-state index in [4.69, 9.17) is 5.73 Å². The highest BCUT2D eigenvalue weighted by Gasteiger charge is 2.14. The summed E-state index contributed by atoms with van der Waals surface area (Å²) in [6, 6.07) is -0.0909. The van der Waals surface area contributed by atoms with Gasteiger partial charge in [0, 0.05) is 11.9 Å². The van der Waals surface area contributed by atoms with Gasteiger partial charge in [-0.1, -0.05) is 13.8 Å². The zero-order valence-corrected chi connectivity index (χ0v) is 9.99. The molecule has 90 valence electrons. The van der Waals surface area contributed by atoms with Crippen molar-refractivity contribution in [1.82, 2.24) is 9.97 Å². The fourth-order valence-electron chi connectivity index (χ4n) is 1.33. The maximum atomic E-state index is 11.0. The van der Waals surface area contributed by atoms with Gasteiger partial charge < -0.3 is 15.5 Å². The number of aromatic nitrogens is 2. The summed E-state index contributed by atoms with van der Waals surface area (Å²) < 4.78 is 4.57. The summed E-state index contributed by atoms with van der Waals surface area (Å²) in [5.41, 5.74) is 6.86. The van der Waals surface area contributed by atoms with E-state index in [1.165, 1.54) is 7.11 Å². The van der Waals surface area contributed by atoms with Crippen LogP contribution in [0.3, 0.4) is 0 Å². The molecule has 0 aliphatic carbocycles. The number of nitrogens with one attached hydrogen (secondary N) is 1. The van der Waals surface area contributed by atoms with Gasteiger partial charge in [-0.3, -0.25) is 4.79 Å². The maximum absolute atomic E-state index is 11.0. The number of aromatic amines is 1. The van der Waals surface area contributed by atoms with Gasteiger partial charge in [0.25, 0.3) is 0 Å². The molecule has 0 unspecified atom stereocenters. The van der Waals surface area contributed by atoms with Crippen molar-refractivity contribution in [2.45, 2.75) is 32.7 Å². The molecule has 0 bridgehead atoms. The molecular weight excluding hydrogens is 206 g/mol. The molecule has 1 aromatic heterocycles. The lowest BCUT2D eigenvalue weighted by Gasteiger charge is -2.11. The summed E-state index contributed by atoms with van der Waals surface area (Å²) in [4.78, 5) is 18.3. The number of aryl methyl sites for hydroxylation is 1. The van der Waals surface area contributed by atoms with Crippen molar-refractivity contribution in [3.8, 4) is 0 Å². The second-order valence-corrected chi connectivity index (χ2v) is 4.14. The number of hydrogen-bond donors (Lipinski definition) is 2. The lowest BCUT2D eigenvalue weighted by molar-refractivity contribution is -0.140. The van der Waals surface area contributed by atoms with Crippen LogP contribution in [-0.4, -0.2) is 23.0 Å². The molecule has 5 heteroatoms. The van der Waals surface area contributed by atoms with Gasteiger partial charge in [0.05, 0.1) is 19.6 Å². The zero-order chi connectivity index (χ0) is 12.1. The fourth-order valence-corrected chi connectivity index (χ4v) is 1.33. The van der Waals surface area contributed by atoms with Crippen molar-refractivity contribution < 1.29 is 9.53 Å². The molecule has 0 fully saturated rings. The molecule has 0 saturated heterocycles. The molecule has 0 aliphatic rings. The quantitative estimate of drug-likeness (QED) is 0.737. The maximum Gasteiger partial charge on any atom is 0.305 e. The van der Waals surface area contributed by atoms with Crippen molar-refractivity contribution in [3.05, 3.63) is 17.7 Å². The molecule has 1 rings (SSSR count). The molecule has 16 heavy (non-hydrogen) atoms. The minimum Gasteiger partial charge on any atom is -0.469 e. The molecule has 1 aromatic rings. The van der Waals surface area contributed by atoms with E-state index >= 15 is 0 Å². The molecular formula is C11H19N3O2. The fraction of sp³-hybridized carbons (Fsp3) is 0.636. The Morgan fingerprint density at radius 3 is 2.88 bits per heavy atom. The van der Waals surface area contributed by atoms with Gasteiger partial charge in [0.1, 0.15) is 5.82 Å². The first kappa shape index (κ1) is 12.7. The summed E-state index contributed by atoms with van der Waals surface area (Å²) in [6.07, 6.45) is 2.68. The average Bonchev–Trinajstić information content (AvgIpc) is 2.73.